The first-order valence-corrected chi connectivity index (χ1v) is 8.38. The minimum Gasteiger partial charge on any atom is -0.345 e. The minimum absolute atomic E-state index is 0.265. The molecule has 0 aromatic carbocycles. The molecule has 4 heterocycles. The van der Waals surface area contributed by atoms with Crippen LogP contribution in [0, 0.1) is 0 Å². The van der Waals surface area contributed by atoms with E-state index in [1.807, 2.05) is 18.3 Å². The summed E-state index contributed by atoms with van der Waals surface area (Å²) in [5.74, 6) is 0.944. The van der Waals surface area contributed by atoms with Crippen LogP contribution in [0.1, 0.15) is 34.8 Å². The van der Waals surface area contributed by atoms with Crippen LogP contribution in [0.5, 0.6) is 0 Å². The molecule has 0 spiro atoms. The number of imidazole rings is 1. The Labute approximate surface area is 148 Å². The highest BCUT2D eigenvalue weighted by molar-refractivity contribution is 6.08. The molecule has 128 valence electrons. The van der Waals surface area contributed by atoms with Gasteiger partial charge in [-0.1, -0.05) is 0 Å². The van der Waals surface area contributed by atoms with Crippen molar-refractivity contribution >= 4 is 17.2 Å². The average molecular weight is 345 g/mol. The van der Waals surface area contributed by atoms with Gasteiger partial charge in [0.15, 0.2) is 5.65 Å². The number of aromatic nitrogens is 6. The Morgan fingerprint density at radius 1 is 1.27 bits per heavy atom. The predicted octanol–water partition coefficient (Wildman–Crippen LogP) is 2.64. The van der Waals surface area contributed by atoms with Crippen LogP contribution in [0.25, 0.3) is 17.0 Å². The molecule has 0 aliphatic heterocycles. The Kier molecular flexibility index (Phi) is 3.27. The van der Waals surface area contributed by atoms with E-state index in [2.05, 4.69) is 30.4 Å². The van der Waals surface area contributed by atoms with Gasteiger partial charge in [0.05, 0.1) is 18.1 Å². The molecule has 2 N–H and O–H groups in total. The molecule has 0 bridgehead atoms. The molecule has 0 radical (unpaired) electrons. The number of carbonyl (C=O) groups is 1. The zero-order valence-corrected chi connectivity index (χ0v) is 13.8. The number of rotatable bonds is 4. The van der Waals surface area contributed by atoms with Gasteiger partial charge in [0.2, 0.25) is 0 Å². The molecule has 8 nitrogen and oxygen atoms in total. The summed E-state index contributed by atoms with van der Waals surface area (Å²) < 4.78 is 1.62. The van der Waals surface area contributed by atoms with Gasteiger partial charge < -0.3 is 10.3 Å². The van der Waals surface area contributed by atoms with Gasteiger partial charge in [0.1, 0.15) is 11.4 Å². The van der Waals surface area contributed by atoms with Gasteiger partial charge in [0.25, 0.3) is 5.91 Å². The fourth-order valence-electron chi connectivity index (χ4n) is 2.91. The number of amides is 1. The molecular weight excluding hydrogens is 330 g/mol. The molecule has 1 amide bonds. The first kappa shape index (κ1) is 14.8. The lowest BCUT2D eigenvalue weighted by Crippen LogP contribution is -2.12. The summed E-state index contributed by atoms with van der Waals surface area (Å²) in [5.41, 5.74) is 3.41. The standard InChI is InChI=1S/C18H15N7O/c26-18(23-13-7-12(8-19-9-13)16-20-4-5-21-16)14-10-22-25-6-3-15(11-1-2-11)24-17(14)25/h3-11H,1-2H2,(H,20,21)(H,23,26). The number of nitrogens with zero attached hydrogens (tertiary/aromatic N) is 5. The Morgan fingerprint density at radius 3 is 3.00 bits per heavy atom. The van der Waals surface area contributed by atoms with Crippen LogP contribution in [0.15, 0.2) is 49.3 Å². The van der Waals surface area contributed by atoms with E-state index in [9.17, 15) is 4.79 Å². The third-order valence-electron chi connectivity index (χ3n) is 4.40. The zero-order valence-electron chi connectivity index (χ0n) is 13.8. The Balaban J connectivity index is 1.44. The summed E-state index contributed by atoms with van der Waals surface area (Å²) in [4.78, 5) is 28.7. The van der Waals surface area contributed by atoms with Crippen molar-refractivity contribution < 1.29 is 4.79 Å². The maximum atomic E-state index is 12.7. The van der Waals surface area contributed by atoms with E-state index in [0.717, 1.165) is 24.1 Å². The van der Waals surface area contributed by atoms with Gasteiger partial charge >= 0.3 is 0 Å². The quantitative estimate of drug-likeness (QED) is 0.592. The fourth-order valence-corrected chi connectivity index (χ4v) is 2.91. The molecule has 0 atom stereocenters. The van der Waals surface area contributed by atoms with Crippen molar-refractivity contribution in [2.24, 2.45) is 0 Å². The summed E-state index contributed by atoms with van der Waals surface area (Å²) in [5, 5.41) is 7.09. The normalized spacial score (nSPS) is 13.8. The summed E-state index contributed by atoms with van der Waals surface area (Å²) >= 11 is 0. The second kappa shape index (κ2) is 5.76. The van der Waals surface area contributed by atoms with Crippen molar-refractivity contribution in [3.8, 4) is 11.4 Å². The summed E-state index contributed by atoms with van der Waals surface area (Å²) in [7, 11) is 0. The Bertz CT molecular complexity index is 1100. The maximum absolute atomic E-state index is 12.7. The molecule has 26 heavy (non-hydrogen) atoms. The molecule has 4 aromatic rings. The van der Waals surface area contributed by atoms with Gasteiger partial charge in [-0.15, -0.1) is 0 Å². The van der Waals surface area contributed by atoms with Crippen molar-refractivity contribution in [2.75, 3.05) is 5.32 Å². The number of anilines is 1. The zero-order chi connectivity index (χ0) is 17.5. The van der Waals surface area contributed by atoms with Gasteiger partial charge in [-0.2, -0.15) is 5.10 Å². The summed E-state index contributed by atoms with van der Waals surface area (Å²) in [6, 6.07) is 3.79. The van der Waals surface area contributed by atoms with E-state index < -0.39 is 0 Å². The molecule has 1 aliphatic rings. The molecule has 1 fully saturated rings. The lowest BCUT2D eigenvalue weighted by Gasteiger charge is -2.05. The van der Waals surface area contributed by atoms with E-state index in [-0.39, 0.29) is 5.91 Å². The number of hydrogen-bond acceptors (Lipinski definition) is 5. The van der Waals surface area contributed by atoms with Crippen molar-refractivity contribution in [3.05, 3.63) is 60.6 Å². The van der Waals surface area contributed by atoms with E-state index in [4.69, 9.17) is 0 Å². The Hall–Kier alpha value is -3.55. The van der Waals surface area contributed by atoms with Crippen LogP contribution in [-0.4, -0.2) is 35.5 Å². The molecule has 4 aromatic heterocycles. The third kappa shape index (κ3) is 2.61. The first-order valence-electron chi connectivity index (χ1n) is 8.38. The van der Waals surface area contributed by atoms with E-state index in [0.29, 0.717) is 28.6 Å². The van der Waals surface area contributed by atoms with Gasteiger partial charge in [-0.3, -0.25) is 9.78 Å². The molecule has 1 saturated carbocycles. The molecule has 5 rings (SSSR count). The number of hydrogen-bond donors (Lipinski definition) is 2. The van der Waals surface area contributed by atoms with Crippen LogP contribution < -0.4 is 5.32 Å². The van der Waals surface area contributed by atoms with E-state index >= 15 is 0 Å². The second-order valence-electron chi connectivity index (χ2n) is 6.31. The molecule has 0 unspecified atom stereocenters. The van der Waals surface area contributed by atoms with Crippen LogP contribution >= 0.6 is 0 Å². The maximum Gasteiger partial charge on any atom is 0.261 e. The van der Waals surface area contributed by atoms with Crippen molar-refractivity contribution in [2.45, 2.75) is 18.8 Å². The monoisotopic (exact) mass is 345 g/mol. The number of pyridine rings is 1. The highest BCUT2D eigenvalue weighted by atomic mass is 16.1. The fraction of sp³-hybridized carbons (Fsp3) is 0.167. The predicted molar refractivity (Wildman–Crippen MR) is 94.7 cm³/mol. The van der Waals surface area contributed by atoms with Crippen molar-refractivity contribution in [3.63, 3.8) is 0 Å². The first-order chi connectivity index (χ1) is 12.8. The number of H-pyrrole nitrogens is 1. The second-order valence-corrected chi connectivity index (χ2v) is 6.31. The molecule has 1 aliphatic carbocycles. The summed E-state index contributed by atoms with van der Waals surface area (Å²) in [6.07, 6.45) is 12.4. The van der Waals surface area contributed by atoms with Crippen molar-refractivity contribution in [1.82, 2.24) is 29.5 Å². The number of aromatic amines is 1. The van der Waals surface area contributed by atoms with Gasteiger partial charge in [-0.05, 0) is 25.0 Å². The topological polar surface area (TPSA) is 101 Å². The SMILES string of the molecule is O=C(Nc1cncc(-c2ncc[nH]2)c1)c1cnn2ccc(C3CC3)nc12. The Morgan fingerprint density at radius 2 is 2.19 bits per heavy atom. The van der Waals surface area contributed by atoms with Crippen LogP contribution in [0.2, 0.25) is 0 Å². The van der Waals surface area contributed by atoms with Gasteiger partial charge in [-0.25, -0.2) is 14.5 Å². The summed E-state index contributed by atoms with van der Waals surface area (Å²) in [6.45, 7) is 0. The van der Waals surface area contributed by atoms with Crippen LogP contribution in [0.4, 0.5) is 5.69 Å². The average Bonchev–Trinajstić information content (AvgIpc) is 3.19. The lowest BCUT2D eigenvalue weighted by molar-refractivity contribution is 0.102. The van der Waals surface area contributed by atoms with Crippen LogP contribution in [0.3, 0.4) is 0 Å². The largest absolute Gasteiger partial charge is 0.345 e. The highest BCUT2D eigenvalue weighted by Gasteiger charge is 2.26. The molecule has 0 saturated heterocycles. The third-order valence-corrected chi connectivity index (χ3v) is 4.40. The van der Waals surface area contributed by atoms with E-state index in [1.54, 1.807) is 29.3 Å². The number of nitrogens with one attached hydrogen (secondary N) is 2. The van der Waals surface area contributed by atoms with Crippen molar-refractivity contribution in [1.29, 1.82) is 0 Å². The minimum atomic E-state index is -0.265. The highest BCUT2D eigenvalue weighted by Crippen LogP contribution is 2.39. The number of fused-ring (bicyclic) bond motifs is 1. The van der Waals surface area contributed by atoms with Crippen LogP contribution in [-0.2, 0) is 0 Å². The van der Waals surface area contributed by atoms with E-state index in [1.165, 1.54) is 6.20 Å². The molecule has 8 heteroatoms. The van der Waals surface area contributed by atoms with Gasteiger partial charge in [0, 0.05) is 42.0 Å². The smallest absolute Gasteiger partial charge is 0.261 e. The lowest BCUT2D eigenvalue weighted by atomic mass is 10.2. The number of carbonyl (C=O) groups excluding carboxylic acids is 1. The molecular formula is C18H15N7O.